The van der Waals surface area contributed by atoms with E-state index in [0.717, 1.165) is 23.1 Å². The molecule has 1 aliphatic rings. The zero-order valence-electron chi connectivity index (χ0n) is 16.6. The van der Waals surface area contributed by atoms with Crippen LogP contribution in [0, 0.1) is 11.6 Å². The summed E-state index contributed by atoms with van der Waals surface area (Å²) in [7, 11) is 0. The molecule has 0 unspecified atom stereocenters. The van der Waals surface area contributed by atoms with Crippen LogP contribution in [-0.4, -0.2) is 28.6 Å². The van der Waals surface area contributed by atoms with E-state index >= 15 is 0 Å². The summed E-state index contributed by atoms with van der Waals surface area (Å²) in [6.45, 7) is -0.350. The van der Waals surface area contributed by atoms with Crippen molar-refractivity contribution in [3.8, 4) is 16.9 Å². The van der Waals surface area contributed by atoms with E-state index in [4.69, 9.17) is 9.84 Å². The van der Waals surface area contributed by atoms with Crippen molar-refractivity contribution in [1.29, 1.82) is 0 Å². The van der Waals surface area contributed by atoms with Gasteiger partial charge < -0.3 is 14.7 Å². The first-order valence-electron chi connectivity index (χ1n) is 9.49. The molecule has 0 saturated carbocycles. The average Bonchev–Trinajstić information content (AvgIpc) is 2.77. The molecule has 170 valence electrons. The van der Waals surface area contributed by atoms with Crippen molar-refractivity contribution in [2.45, 2.75) is 12.7 Å². The van der Waals surface area contributed by atoms with Gasteiger partial charge in [-0.25, -0.2) is 13.6 Å². The molecule has 0 fully saturated rings. The van der Waals surface area contributed by atoms with Gasteiger partial charge in [0.1, 0.15) is 17.4 Å². The van der Waals surface area contributed by atoms with Crippen molar-refractivity contribution in [2.24, 2.45) is 0 Å². The molecule has 3 aromatic rings. The van der Waals surface area contributed by atoms with Gasteiger partial charge in [0.05, 0.1) is 23.2 Å². The van der Waals surface area contributed by atoms with Crippen LogP contribution in [0.2, 0.25) is 0 Å². The van der Waals surface area contributed by atoms with E-state index < -0.39 is 40.8 Å². The maximum absolute atomic E-state index is 14.3. The summed E-state index contributed by atoms with van der Waals surface area (Å²) in [6, 6.07) is 9.51. The van der Waals surface area contributed by atoms with Crippen LogP contribution in [0.25, 0.3) is 11.1 Å². The number of benzene rings is 3. The normalized spacial score (nSPS) is 13.3. The first-order valence-corrected chi connectivity index (χ1v) is 9.49. The molecule has 5 nitrogen and oxygen atoms in total. The molecule has 0 bridgehead atoms. The Morgan fingerprint density at radius 2 is 1.70 bits per heavy atom. The van der Waals surface area contributed by atoms with Crippen molar-refractivity contribution in [3.63, 3.8) is 0 Å². The van der Waals surface area contributed by atoms with Gasteiger partial charge in [-0.05, 0) is 54.1 Å². The molecule has 1 N–H and O–H groups in total. The van der Waals surface area contributed by atoms with E-state index in [2.05, 4.69) is 0 Å². The van der Waals surface area contributed by atoms with E-state index in [9.17, 15) is 31.5 Å². The van der Waals surface area contributed by atoms with Gasteiger partial charge in [-0.2, -0.15) is 13.2 Å². The zero-order valence-corrected chi connectivity index (χ0v) is 16.6. The number of hydrogen-bond donors (Lipinski definition) is 1. The molecule has 33 heavy (non-hydrogen) atoms. The molecule has 0 atom stereocenters. The SMILES string of the molecule is O=C(O)c1ccc(F)c(-c2ccc3c(c2)CN(C(=O)c2ccc(C(F)(F)F)cc2F)CO3)c1. The first kappa shape index (κ1) is 22.3. The van der Waals surface area contributed by atoms with Crippen molar-refractivity contribution >= 4 is 11.9 Å². The summed E-state index contributed by atoms with van der Waals surface area (Å²) >= 11 is 0. The summed E-state index contributed by atoms with van der Waals surface area (Å²) in [4.78, 5) is 25.0. The van der Waals surface area contributed by atoms with Crippen LogP contribution in [0.3, 0.4) is 0 Å². The minimum atomic E-state index is -4.75. The molecule has 0 saturated heterocycles. The maximum Gasteiger partial charge on any atom is 0.416 e. The van der Waals surface area contributed by atoms with Crippen LogP contribution in [0.15, 0.2) is 54.6 Å². The number of alkyl halides is 3. The lowest BCUT2D eigenvalue weighted by molar-refractivity contribution is -0.137. The van der Waals surface area contributed by atoms with E-state index in [1.165, 1.54) is 24.3 Å². The Balaban J connectivity index is 1.62. The summed E-state index contributed by atoms with van der Waals surface area (Å²) in [5, 5.41) is 9.15. The van der Waals surface area contributed by atoms with Crippen LogP contribution in [0.5, 0.6) is 5.75 Å². The number of halogens is 5. The number of amides is 1. The Kier molecular flexibility index (Phi) is 5.52. The lowest BCUT2D eigenvalue weighted by Crippen LogP contribution is -2.37. The number of aromatic carboxylic acids is 1. The fraction of sp³-hybridized carbons (Fsp3) is 0.130. The Morgan fingerprint density at radius 1 is 0.939 bits per heavy atom. The van der Waals surface area contributed by atoms with Crippen molar-refractivity contribution in [2.75, 3.05) is 6.73 Å². The number of fused-ring (bicyclic) bond motifs is 1. The topological polar surface area (TPSA) is 66.8 Å². The molecule has 4 rings (SSSR count). The number of carboxylic acids is 1. The van der Waals surface area contributed by atoms with Gasteiger partial charge in [-0.3, -0.25) is 4.79 Å². The Bertz CT molecular complexity index is 1270. The van der Waals surface area contributed by atoms with Gasteiger partial charge in [-0.1, -0.05) is 6.07 Å². The first-order chi connectivity index (χ1) is 15.5. The number of carboxylic acid groups (broad SMARTS) is 1. The van der Waals surface area contributed by atoms with E-state index in [1.807, 2.05) is 0 Å². The highest BCUT2D eigenvalue weighted by Crippen LogP contribution is 2.34. The van der Waals surface area contributed by atoms with Crippen LogP contribution in [-0.2, 0) is 12.7 Å². The monoisotopic (exact) mass is 463 g/mol. The molecular formula is C23H14F5NO4. The number of nitrogens with zero attached hydrogens (tertiary/aromatic N) is 1. The second kappa shape index (κ2) is 8.19. The predicted octanol–water partition coefficient (Wildman–Crippen LogP) is 5.34. The van der Waals surface area contributed by atoms with Crippen molar-refractivity contribution in [3.05, 3.63) is 88.5 Å². The summed E-state index contributed by atoms with van der Waals surface area (Å²) in [5.74, 6) is -3.70. The van der Waals surface area contributed by atoms with Crippen LogP contribution < -0.4 is 4.74 Å². The highest BCUT2D eigenvalue weighted by molar-refractivity contribution is 5.94. The third-order valence-electron chi connectivity index (χ3n) is 5.14. The van der Waals surface area contributed by atoms with Crippen molar-refractivity contribution in [1.82, 2.24) is 4.90 Å². The van der Waals surface area contributed by atoms with E-state index in [1.54, 1.807) is 0 Å². The summed E-state index contributed by atoms with van der Waals surface area (Å²) < 4.78 is 72.3. The largest absolute Gasteiger partial charge is 0.478 e. The van der Waals surface area contributed by atoms with Gasteiger partial charge in [-0.15, -0.1) is 0 Å². The van der Waals surface area contributed by atoms with Gasteiger partial charge in [0.2, 0.25) is 0 Å². The predicted molar refractivity (Wildman–Crippen MR) is 106 cm³/mol. The smallest absolute Gasteiger partial charge is 0.416 e. The summed E-state index contributed by atoms with van der Waals surface area (Å²) in [5.41, 5.74) is -1.10. The van der Waals surface area contributed by atoms with Gasteiger partial charge in [0.25, 0.3) is 5.91 Å². The molecule has 10 heteroatoms. The molecule has 0 spiro atoms. The molecule has 1 amide bonds. The lowest BCUT2D eigenvalue weighted by atomic mass is 9.99. The third-order valence-corrected chi connectivity index (χ3v) is 5.14. The number of carbonyl (C=O) groups excluding carboxylic acids is 1. The minimum Gasteiger partial charge on any atom is -0.478 e. The second-order valence-corrected chi connectivity index (χ2v) is 7.29. The molecule has 0 aliphatic carbocycles. The fourth-order valence-corrected chi connectivity index (χ4v) is 3.46. The Labute approximate surface area is 183 Å². The molecule has 1 heterocycles. The lowest BCUT2D eigenvalue weighted by Gasteiger charge is -2.29. The van der Waals surface area contributed by atoms with E-state index in [0.29, 0.717) is 22.9 Å². The Hall–Kier alpha value is -3.95. The highest BCUT2D eigenvalue weighted by Gasteiger charge is 2.33. The van der Waals surface area contributed by atoms with Crippen LogP contribution in [0.1, 0.15) is 31.8 Å². The molecule has 1 aliphatic heterocycles. The zero-order chi connectivity index (χ0) is 23.9. The number of hydrogen-bond acceptors (Lipinski definition) is 3. The summed E-state index contributed by atoms with van der Waals surface area (Å²) in [6.07, 6.45) is -4.75. The van der Waals surface area contributed by atoms with Gasteiger partial charge in [0, 0.05) is 11.1 Å². The van der Waals surface area contributed by atoms with Crippen molar-refractivity contribution < 1.29 is 41.4 Å². The van der Waals surface area contributed by atoms with Crippen LogP contribution >= 0.6 is 0 Å². The number of ether oxygens (including phenoxy) is 1. The van der Waals surface area contributed by atoms with Crippen LogP contribution in [0.4, 0.5) is 22.0 Å². The standard InChI is InChI=1S/C23H14F5NO4/c24-18-5-1-13(22(31)32)8-17(18)12-2-6-20-14(7-12)10-29(11-33-20)21(30)16-4-3-15(9-19(16)25)23(26,27)28/h1-9H,10-11H2,(H,31,32). The minimum absolute atomic E-state index is 0.0231. The molecule has 0 aromatic heterocycles. The highest BCUT2D eigenvalue weighted by atomic mass is 19.4. The molecule has 0 radical (unpaired) electrons. The maximum atomic E-state index is 14.3. The Morgan fingerprint density at radius 3 is 2.36 bits per heavy atom. The molecule has 3 aromatic carbocycles. The molecular weight excluding hydrogens is 449 g/mol. The second-order valence-electron chi connectivity index (χ2n) is 7.29. The van der Waals surface area contributed by atoms with E-state index in [-0.39, 0.29) is 30.5 Å². The number of rotatable bonds is 3. The third kappa shape index (κ3) is 4.36. The fourth-order valence-electron chi connectivity index (χ4n) is 3.46. The number of carbonyl (C=O) groups is 2. The van der Waals surface area contributed by atoms with Gasteiger partial charge in [0.15, 0.2) is 6.73 Å². The van der Waals surface area contributed by atoms with Gasteiger partial charge >= 0.3 is 12.1 Å². The average molecular weight is 463 g/mol. The quantitative estimate of drug-likeness (QED) is 0.533.